The normalized spacial score (nSPS) is 16.4. The minimum absolute atomic E-state index is 0.291. The van der Waals surface area contributed by atoms with Crippen LogP contribution in [0.25, 0.3) is 11.4 Å². The largest absolute Gasteiger partial charge is 0.378 e. The average molecular weight is 366 g/mol. The third-order valence-corrected chi connectivity index (χ3v) is 5.12. The molecule has 2 aliphatic rings. The summed E-state index contributed by atoms with van der Waals surface area (Å²) in [7, 11) is 0. The zero-order valence-electron chi connectivity index (χ0n) is 15.8. The van der Waals surface area contributed by atoms with Crippen LogP contribution < -0.4 is 10.2 Å². The van der Waals surface area contributed by atoms with Crippen molar-refractivity contribution in [2.45, 2.75) is 39.3 Å². The van der Waals surface area contributed by atoms with Gasteiger partial charge in [-0.1, -0.05) is 31.2 Å². The number of nitrogens with one attached hydrogen (secondary N) is 1. The summed E-state index contributed by atoms with van der Waals surface area (Å²) in [5.74, 6) is 2.08. The van der Waals surface area contributed by atoms with Gasteiger partial charge in [0.1, 0.15) is 11.6 Å². The fraction of sp³-hybridized carbons (Fsp3) is 0.476. The van der Waals surface area contributed by atoms with E-state index in [4.69, 9.17) is 14.7 Å². The summed E-state index contributed by atoms with van der Waals surface area (Å²) in [6.45, 7) is 6.84. The Bertz CT molecular complexity index is 814. The molecule has 2 aliphatic heterocycles. The zero-order chi connectivity index (χ0) is 18.6. The van der Waals surface area contributed by atoms with Crippen molar-refractivity contribution in [1.82, 2.24) is 15.3 Å². The number of hydrogen-bond acceptors (Lipinski definition) is 6. The molecule has 1 N–H and O–H groups in total. The molecule has 27 heavy (non-hydrogen) atoms. The monoisotopic (exact) mass is 366 g/mol. The molecule has 0 radical (unpaired) electrons. The van der Waals surface area contributed by atoms with Gasteiger partial charge >= 0.3 is 0 Å². The molecule has 1 fully saturated rings. The number of aromatic nitrogens is 2. The quantitative estimate of drug-likeness (QED) is 0.847. The predicted molar refractivity (Wildman–Crippen MR) is 105 cm³/mol. The van der Waals surface area contributed by atoms with Crippen molar-refractivity contribution in [2.24, 2.45) is 0 Å². The molecule has 6 heteroatoms. The first-order chi connectivity index (χ1) is 13.2. The summed E-state index contributed by atoms with van der Waals surface area (Å²) in [6, 6.07) is 8.10. The molecule has 0 amide bonds. The Balaban J connectivity index is 1.61. The third kappa shape index (κ3) is 4.01. The number of hydrogen-bond donors (Lipinski definition) is 1. The van der Waals surface area contributed by atoms with E-state index in [1.54, 1.807) is 0 Å². The Morgan fingerprint density at radius 3 is 2.67 bits per heavy atom. The minimum atomic E-state index is 0.291. The van der Waals surface area contributed by atoms with Gasteiger partial charge < -0.3 is 15.0 Å². The van der Waals surface area contributed by atoms with Crippen molar-refractivity contribution in [3.8, 4) is 11.4 Å². The minimum Gasteiger partial charge on any atom is -0.378 e. The van der Waals surface area contributed by atoms with Crippen LogP contribution in [-0.4, -0.2) is 42.1 Å². The number of ether oxygens (including phenoxy) is 1. The van der Waals surface area contributed by atoms with Gasteiger partial charge in [0, 0.05) is 50.1 Å². The van der Waals surface area contributed by atoms with Crippen molar-refractivity contribution < 1.29 is 9.53 Å². The molecule has 0 atom stereocenters. The average Bonchev–Trinajstić information content (AvgIpc) is 3.17. The molecular weight excluding hydrogens is 340 g/mol. The topological polar surface area (TPSA) is 67.4 Å². The smallest absolute Gasteiger partial charge is 0.161 e. The molecular formula is C21H26N4O2. The highest BCUT2D eigenvalue weighted by atomic mass is 16.5. The number of morpholine rings is 1. The number of Topliss-reactive ketones (excluding diaryl/α,β-unsaturated/α-hetero) is 1. The molecule has 3 heterocycles. The second kappa shape index (κ2) is 8.15. The van der Waals surface area contributed by atoms with Gasteiger partial charge in [0.15, 0.2) is 5.82 Å². The van der Waals surface area contributed by atoms with Crippen LogP contribution in [0.2, 0.25) is 0 Å². The predicted octanol–water partition coefficient (Wildman–Crippen LogP) is 2.50. The van der Waals surface area contributed by atoms with Crippen LogP contribution in [-0.2, 0) is 29.0 Å². The Labute approximate surface area is 160 Å². The number of benzene rings is 1. The lowest BCUT2D eigenvalue weighted by Gasteiger charge is -2.29. The summed E-state index contributed by atoms with van der Waals surface area (Å²) < 4.78 is 5.49. The molecule has 2 aromatic rings. The second-order valence-corrected chi connectivity index (χ2v) is 7.16. The highest BCUT2D eigenvalue weighted by Gasteiger charge is 2.24. The number of nitrogens with zero attached hydrogens (tertiary/aromatic N) is 3. The molecule has 4 rings (SSSR count). The van der Waals surface area contributed by atoms with E-state index in [-0.39, 0.29) is 0 Å². The lowest BCUT2D eigenvalue weighted by molar-refractivity contribution is -0.118. The van der Waals surface area contributed by atoms with Gasteiger partial charge in [-0.15, -0.1) is 0 Å². The van der Waals surface area contributed by atoms with Crippen molar-refractivity contribution in [3.05, 3.63) is 41.1 Å². The van der Waals surface area contributed by atoms with E-state index in [0.717, 1.165) is 74.3 Å². The maximum Gasteiger partial charge on any atom is 0.161 e. The van der Waals surface area contributed by atoms with E-state index in [9.17, 15) is 4.79 Å². The molecule has 0 aliphatic carbocycles. The van der Waals surface area contributed by atoms with Crippen LogP contribution in [0, 0.1) is 0 Å². The van der Waals surface area contributed by atoms with Crippen LogP contribution in [0.1, 0.15) is 36.6 Å². The lowest BCUT2D eigenvalue weighted by Crippen LogP contribution is -2.37. The van der Waals surface area contributed by atoms with Crippen molar-refractivity contribution >= 4 is 11.6 Å². The van der Waals surface area contributed by atoms with Crippen LogP contribution in [0.3, 0.4) is 0 Å². The summed E-state index contributed by atoms with van der Waals surface area (Å²) in [4.78, 5) is 23.9. The third-order valence-electron chi connectivity index (χ3n) is 5.12. The van der Waals surface area contributed by atoms with Crippen molar-refractivity contribution in [2.75, 3.05) is 31.2 Å². The van der Waals surface area contributed by atoms with Crippen LogP contribution in [0.5, 0.6) is 0 Å². The van der Waals surface area contributed by atoms with E-state index < -0.39 is 0 Å². The molecule has 6 nitrogen and oxygen atoms in total. The summed E-state index contributed by atoms with van der Waals surface area (Å²) in [5, 5.41) is 3.39. The first kappa shape index (κ1) is 18.1. The maximum atomic E-state index is 11.9. The molecule has 1 aromatic heterocycles. The van der Waals surface area contributed by atoms with E-state index in [1.807, 2.05) is 31.2 Å². The maximum absolute atomic E-state index is 11.9. The van der Waals surface area contributed by atoms with E-state index in [2.05, 4.69) is 10.2 Å². The number of anilines is 1. The van der Waals surface area contributed by atoms with E-state index in [0.29, 0.717) is 18.6 Å². The molecule has 1 saturated heterocycles. The highest BCUT2D eigenvalue weighted by Crippen LogP contribution is 2.29. The van der Waals surface area contributed by atoms with E-state index in [1.165, 1.54) is 5.56 Å². The molecule has 0 spiro atoms. The van der Waals surface area contributed by atoms with Crippen molar-refractivity contribution in [3.63, 3.8) is 0 Å². The summed E-state index contributed by atoms with van der Waals surface area (Å²) in [6.07, 6.45) is 2.05. The summed E-state index contributed by atoms with van der Waals surface area (Å²) in [5.41, 5.74) is 4.34. The van der Waals surface area contributed by atoms with E-state index >= 15 is 0 Å². The van der Waals surface area contributed by atoms with Gasteiger partial charge in [-0.3, -0.25) is 4.79 Å². The van der Waals surface area contributed by atoms with Crippen molar-refractivity contribution in [1.29, 1.82) is 0 Å². The molecule has 0 saturated carbocycles. The Morgan fingerprint density at radius 2 is 1.93 bits per heavy atom. The Morgan fingerprint density at radius 1 is 1.15 bits per heavy atom. The van der Waals surface area contributed by atoms with Crippen LogP contribution in [0.4, 0.5) is 5.82 Å². The van der Waals surface area contributed by atoms with Gasteiger partial charge in [0.05, 0.1) is 18.9 Å². The van der Waals surface area contributed by atoms with Gasteiger partial charge in [0.2, 0.25) is 0 Å². The van der Waals surface area contributed by atoms with Gasteiger partial charge in [-0.2, -0.15) is 0 Å². The van der Waals surface area contributed by atoms with Gasteiger partial charge in [-0.05, 0) is 12.0 Å². The Hall–Kier alpha value is -2.31. The molecule has 0 unspecified atom stereocenters. The second-order valence-electron chi connectivity index (χ2n) is 7.16. The van der Waals surface area contributed by atoms with Gasteiger partial charge in [-0.25, -0.2) is 9.97 Å². The molecule has 142 valence electrons. The fourth-order valence-electron chi connectivity index (χ4n) is 3.68. The van der Waals surface area contributed by atoms with Crippen LogP contribution >= 0.6 is 0 Å². The molecule has 1 aromatic carbocycles. The SMILES string of the molecule is CCCC(=O)Cc1ccc(-c2nc3c(c(N4CCOCC4)n2)CNC3)cc1. The van der Waals surface area contributed by atoms with Gasteiger partial charge in [0.25, 0.3) is 0 Å². The highest BCUT2D eigenvalue weighted by molar-refractivity contribution is 5.81. The Kier molecular flexibility index (Phi) is 5.45. The number of carbonyl (C=O) groups excluding carboxylic acids is 1. The summed E-state index contributed by atoms with van der Waals surface area (Å²) >= 11 is 0. The number of rotatable bonds is 6. The zero-order valence-corrected chi connectivity index (χ0v) is 15.8. The number of carbonyl (C=O) groups is 1. The number of ketones is 1. The first-order valence-electron chi connectivity index (χ1n) is 9.79. The standard InChI is InChI=1S/C21H26N4O2/c1-2-3-17(26)12-15-4-6-16(7-5-15)20-23-19-14-22-13-18(19)21(24-20)25-8-10-27-11-9-25/h4-7,22H,2-3,8-14H2,1H3. The first-order valence-corrected chi connectivity index (χ1v) is 9.79. The van der Waals surface area contributed by atoms with Crippen LogP contribution in [0.15, 0.2) is 24.3 Å². The fourth-order valence-corrected chi connectivity index (χ4v) is 3.68. The molecule has 0 bridgehead atoms. The number of fused-ring (bicyclic) bond motifs is 1. The lowest BCUT2D eigenvalue weighted by atomic mass is 10.0.